The van der Waals surface area contributed by atoms with Gasteiger partial charge in [0.1, 0.15) is 28.8 Å². The zero-order chi connectivity index (χ0) is 30.1. The number of ether oxygens (including phenoxy) is 1. The van der Waals surface area contributed by atoms with Gasteiger partial charge in [-0.2, -0.15) is 5.26 Å². The summed E-state index contributed by atoms with van der Waals surface area (Å²) >= 11 is 0. The largest absolute Gasteiger partial charge is 0.494 e. The number of likely N-dealkylation sites (tertiary alicyclic amines) is 1. The molecule has 222 valence electrons. The zero-order valence-corrected chi connectivity index (χ0v) is 24.6. The third kappa shape index (κ3) is 4.03. The Balaban J connectivity index is 1.19. The molecule has 3 aliphatic rings. The molecule has 0 radical (unpaired) electrons. The van der Waals surface area contributed by atoms with Crippen LogP contribution in [0.2, 0.25) is 0 Å². The normalized spacial score (nSPS) is 21.3. The average molecular weight is 589 g/mol. The van der Waals surface area contributed by atoms with E-state index < -0.39 is 0 Å². The summed E-state index contributed by atoms with van der Waals surface area (Å²) in [6, 6.07) is 12.0. The van der Waals surface area contributed by atoms with Gasteiger partial charge in [0, 0.05) is 68.4 Å². The number of carbonyl (C=O) groups is 1. The summed E-state index contributed by atoms with van der Waals surface area (Å²) in [6.07, 6.45) is 6.99. The van der Waals surface area contributed by atoms with Crippen molar-refractivity contribution in [2.24, 2.45) is 24.6 Å². The topological polar surface area (TPSA) is 144 Å². The van der Waals surface area contributed by atoms with Crippen molar-refractivity contribution in [1.29, 1.82) is 5.26 Å². The van der Waals surface area contributed by atoms with Crippen LogP contribution in [0.4, 0.5) is 5.82 Å². The summed E-state index contributed by atoms with van der Waals surface area (Å²) in [6.45, 7) is 2.90. The van der Waals surface area contributed by atoms with Gasteiger partial charge in [-0.15, -0.1) is 0 Å². The van der Waals surface area contributed by atoms with Gasteiger partial charge in [-0.1, -0.05) is 0 Å². The predicted octanol–water partition coefficient (Wildman–Crippen LogP) is 2.96. The highest BCUT2D eigenvalue weighted by molar-refractivity contribution is 6.00. The van der Waals surface area contributed by atoms with Gasteiger partial charge in [0.2, 0.25) is 0 Å². The van der Waals surface area contributed by atoms with Crippen LogP contribution in [0, 0.1) is 23.2 Å². The molecular formula is C32H32N10O2. The molecule has 3 fully saturated rings. The Hall–Kier alpha value is -5.02. The number of nitrogens with zero attached hydrogens (tertiary/aromatic N) is 9. The van der Waals surface area contributed by atoms with Crippen molar-refractivity contribution >= 4 is 33.8 Å². The monoisotopic (exact) mass is 588 g/mol. The lowest BCUT2D eigenvalue weighted by Crippen LogP contribution is -2.49. The predicted molar refractivity (Wildman–Crippen MR) is 164 cm³/mol. The number of aryl methyl sites for hydroxylation is 1. The van der Waals surface area contributed by atoms with Gasteiger partial charge >= 0.3 is 0 Å². The third-order valence-electron chi connectivity index (χ3n) is 9.66. The summed E-state index contributed by atoms with van der Waals surface area (Å²) in [4.78, 5) is 36.2. The number of hydrogen-bond acceptors (Lipinski definition) is 9. The van der Waals surface area contributed by atoms with Crippen molar-refractivity contribution < 1.29 is 9.53 Å². The molecule has 1 aliphatic carbocycles. The Kier molecular flexibility index (Phi) is 6.06. The molecule has 0 spiro atoms. The van der Waals surface area contributed by atoms with Gasteiger partial charge < -0.3 is 29.4 Å². The SMILES string of the molecule is COc1cc(C(=O)N2CC3CCC2[C@@H]3N)cc2nc(-c3cc4cccnc4n3C)n(CC3CN(c4cncc(C#N)n4)C3)c12. The maximum atomic E-state index is 13.8. The van der Waals surface area contributed by atoms with Crippen molar-refractivity contribution in [3.63, 3.8) is 0 Å². The minimum absolute atomic E-state index is 0.0203. The number of imidazole rings is 1. The molecule has 2 bridgehead atoms. The zero-order valence-electron chi connectivity index (χ0n) is 24.6. The van der Waals surface area contributed by atoms with Gasteiger partial charge in [-0.05, 0) is 49.1 Å². The Morgan fingerprint density at radius 2 is 2.02 bits per heavy atom. The lowest BCUT2D eigenvalue weighted by Gasteiger charge is -2.40. The molecule has 2 aliphatic heterocycles. The number of carbonyl (C=O) groups excluding carboxylic acids is 1. The van der Waals surface area contributed by atoms with E-state index in [1.165, 1.54) is 6.20 Å². The molecule has 12 nitrogen and oxygen atoms in total. The van der Waals surface area contributed by atoms with E-state index in [9.17, 15) is 10.1 Å². The quantitative estimate of drug-likeness (QED) is 0.317. The number of piperidine rings is 1. The molecule has 5 aromatic rings. The average Bonchev–Trinajstić information content (AvgIpc) is 3.77. The maximum absolute atomic E-state index is 13.8. The van der Waals surface area contributed by atoms with Gasteiger partial charge in [0.25, 0.3) is 5.91 Å². The number of amides is 1. The number of methoxy groups -OCH3 is 1. The summed E-state index contributed by atoms with van der Waals surface area (Å²) in [5.74, 6) is 2.74. The van der Waals surface area contributed by atoms with Crippen LogP contribution < -0.4 is 15.4 Å². The van der Waals surface area contributed by atoms with E-state index in [0.717, 1.165) is 54.0 Å². The number of anilines is 1. The van der Waals surface area contributed by atoms with Gasteiger partial charge in [0.15, 0.2) is 11.5 Å². The summed E-state index contributed by atoms with van der Waals surface area (Å²) < 4.78 is 10.2. The van der Waals surface area contributed by atoms with Crippen LogP contribution in [0.3, 0.4) is 0 Å². The number of aromatic nitrogens is 6. The molecule has 2 unspecified atom stereocenters. The lowest BCUT2D eigenvalue weighted by atomic mass is 10.00. The highest BCUT2D eigenvalue weighted by Crippen LogP contribution is 2.40. The molecule has 44 heavy (non-hydrogen) atoms. The first-order valence-corrected chi connectivity index (χ1v) is 15.0. The Labute approximate surface area is 253 Å². The molecule has 8 rings (SSSR count). The van der Waals surface area contributed by atoms with E-state index in [-0.39, 0.29) is 18.0 Å². The second kappa shape index (κ2) is 10.0. The van der Waals surface area contributed by atoms with Crippen molar-refractivity contribution in [1.82, 2.24) is 34.0 Å². The standard InChI is InChI=1S/C32H32N10O2/c1-39-25(9-19-4-3-7-36-30(19)39)31-38-23-8-21(32(43)41-17-20-5-6-24(41)28(20)34)10-26(44-2)29(23)42(31)16-18-14-40(15-18)27-13-35-12-22(11-33)37-27/h3-4,7-10,12-13,18,20,24,28H,5-6,14-17,34H2,1-2H3/t20?,24?,28-/m1/s1. The number of pyridine rings is 1. The van der Waals surface area contributed by atoms with Gasteiger partial charge in [0.05, 0.1) is 30.7 Å². The fraction of sp³-hybridized carbons (Fsp3) is 0.375. The van der Waals surface area contributed by atoms with Crippen LogP contribution in [0.15, 0.2) is 48.9 Å². The first kappa shape index (κ1) is 26.6. The van der Waals surface area contributed by atoms with Crippen molar-refractivity contribution in [2.75, 3.05) is 31.6 Å². The van der Waals surface area contributed by atoms with Crippen molar-refractivity contribution in [2.45, 2.75) is 31.5 Å². The highest BCUT2D eigenvalue weighted by Gasteiger charge is 2.47. The molecular weight excluding hydrogens is 556 g/mol. The summed E-state index contributed by atoms with van der Waals surface area (Å²) in [5.41, 5.74) is 10.7. The van der Waals surface area contributed by atoms with E-state index in [1.807, 2.05) is 36.2 Å². The van der Waals surface area contributed by atoms with E-state index in [2.05, 4.69) is 41.1 Å². The molecule has 4 aromatic heterocycles. The second-order valence-electron chi connectivity index (χ2n) is 12.2. The molecule has 2 N–H and O–H groups in total. The molecule has 1 saturated carbocycles. The highest BCUT2D eigenvalue weighted by atomic mass is 16.5. The smallest absolute Gasteiger partial charge is 0.254 e. The Morgan fingerprint density at radius 1 is 1.16 bits per heavy atom. The number of nitrogens with two attached hydrogens (primary N) is 1. The summed E-state index contributed by atoms with van der Waals surface area (Å²) in [5, 5.41) is 10.3. The first-order valence-electron chi connectivity index (χ1n) is 15.0. The number of rotatable bonds is 6. The molecule has 2 saturated heterocycles. The number of hydrogen-bond donors (Lipinski definition) is 1. The fourth-order valence-electron chi connectivity index (χ4n) is 7.40. The molecule has 1 amide bonds. The number of fused-ring (bicyclic) bond motifs is 4. The number of nitriles is 1. The van der Waals surface area contributed by atoms with Crippen molar-refractivity contribution in [3.8, 4) is 23.3 Å². The molecule has 1 aromatic carbocycles. The van der Waals surface area contributed by atoms with Gasteiger partial charge in [-0.3, -0.25) is 9.78 Å². The van der Waals surface area contributed by atoms with E-state index in [0.29, 0.717) is 53.3 Å². The Morgan fingerprint density at radius 3 is 2.75 bits per heavy atom. The van der Waals surface area contributed by atoms with E-state index >= 15 is 0 Å². The molecule has 3 atom stereocenters. The van der Waals surface area contributed by atoms with Crippen LogP contribution in [0.1, 0.15) is 28.9 Å². The summed E-state index contributed by atoms with van der Waals surface area (Å²) in [7, 11) is 3.64. The maximum Gasteiger partial charge on any atom is 0.254 e. The van der Waals surface area contributed by atoms with Crippen LogP contribution >= 0.6 is 0 Å². The van der Waals surface area contributed by atoms with E-state index in [4.69, 9.17) is 15.5 Å². The minimum atomic E-state index is -0.0203. The van der Waals surface area contributed by atoms with Crippen molar-refractivity contribution in [3.05, 3.63) is 60.2 Å². The second-order valence-corrected chi connectivity index (χ2v) is 12.2. The first-order chi connectivity index (χ1) is 21.4. The third-order valence-corrected chi connectivity index (χ3v) is 9.66. The Bertz CT molecular complexity index is 1980. The van der Waals surface area contributed by atoms with Crippen LogP contribution in [-0.4, -0.2) is 78.7 Å². The fourth-order valence-corrected chi connectivity index (χ4v) is 7.40. The molecule has 12 heteroatoms. The lowest BCUT2D eigenvalue weighted by molar-refractivity contribution is 0.0700. The van der Waals surface area contributed by atoms with Crippen LogP contribution in [0.5, 0.6) is 5.75 Å². The van der Waals surface area contributed by atoms with Crippen LogP contribution in [-0.2, 0) is 13.6 Å². The minimum Gasteiger partial charge on any atom is -0.494 e. The molecule has 6 heterocycles. The van der Waals surface area contributed by atoms with E-state index in [1.54, 1.807) is 19.5 Å². The van der Waals surface area contributed by atoms with Crippen LogP contribution in [0.25, 0.3) is 33.6 Å². The van der Waals surface area contributed by atoms with Gasteiger partial charge in [-0.25, -0.2) is 15.0 Å². The number of benzene rings is 1.